The summed E-state index contributed by atoms with van der Waals surface area (Å²) in [5, 5.41) is 0. The zero-order chi connectivity index (χ0) is 9.31. The van der Waals surface area contributed by atoms with Gasteiger partial charge < -0.3 is 4.74 Å². The fraction of sp³-hybridized carbons (Fsp3) is 0.273. The van der Waals surface area contributed by atoms with Gasteiger partial charge in [-0.15, -0.1) is 0 Å². The molecule has 1 unspecified atom stereocenters. The molecule has 1 heterocycles. The summed E-state index contributed by atoms with van der Waals surface area (Å²) in [6.07, 6.45) is 2.71. The third kappa shape index (κ3) is 1.27. The molecular weight excluding hydrogens is 167 g/mol. The number of hydrogen-bond donors (Lipinski definition) is 0. The van der Waals surface area contributed by atoms with Crippen molar-refractivity contribution in [2.45, 2.75) is 12.0 Å². The van der Waals surface area contributed by atoms with E-state index in [2.05, 4.69) is 6.58 Å². The van der Waals surface area contributed by atoms with E-state index < -0.39 is 0 Å². The van der Waals surface area contributed by atoms with Gasteiger partial charge in [0.25, 0.3) is 0 Å². The summed E-state index contributed by atoms with van der Waals surface area (Å²) >= 11 is 0. The average Bonchev–Trinajstić information content (AvgIpc) is 2.07. The summed E-state index contributed by atoms with van der Waals surface area (Å²) in [5.74, 6) is -0.220. The van der Waals surface area contributed by atoms with Gasteiger partial charge in [0.1, 0.15) is 11.4 Å². The Bertz CT molecular complexity index is 311. The van der Waals surface area contributed by atoms with Crippen LogP contribution >= 0.6 is 0 Å². The van der Waals surface area contributed by atoms with Crippen molar-refractivity contribution in [1.82, 2.24) is 0 Å². The number of ether oxygens (including phenoxy) is 1. The third-order valence-electron chi connectivity index (χ3n) is 2.50. The van der Waals surface area contributed by atoms with Crippen molar-refractivity contribution in [3.05, 3.63) is 48.3 Å². The van der Waals surface area contributed by atoms with Crippen molar-refractivity contribution >= 4 is 0 Å². The van der Waals surface area contributed by atoms with Gasteiger partial charge in [-0.2, -0.15) is 0 Å². The van der Waals surface area contributed by atoms with Crippen LogP contribution in [0.5, 0.6) is 0 Å². The van der Waals surface area contributed by atoms with E-state index in [4.69, 9.17) is 4.74 Å². The van der Waals surface area contributed by atoms with Gasteiger partial charge in [0, 0.05) is 6.42 Å². The lowest BCUT2D eigenvalue weighted by molar-refractivity contribution is -0.118. The molecule has 1 aromatic carbocycles. The Kier molecular flexibility index (Phi) is 1.93. The van der Waals surface area contributed by atoms with Crippen LogP contribution in [0.15, 0.2) is 36.9 Å². The van der Waals surface area contributed by atoms with Gasteiger partial charge in [-0.05, 0) is 17.7 Å². The summed E-state index contributed by atoms with van der Waals surface area (Å²) in [4.78, 5) is 0. The largest absolute Gasteiger partial charge is 0.366 e. The van der Waals surface area contributed by atoms with Crippen molar-refractivity contribution in [3.63, 3.8) is 0 Å². The molecule has 68 valence electrons. The molecule has 0 aromatic heterocycles. The molecule has 0 saturated carbocycles. The van der Waals surface area contributed by atoms with Gasteiger partial charge in [-0.3, -0.25) is 0 Å². The van der Waals surface area contributed by atoms with Crippen LogP contribution in [0.4, 0.5) is 4.39 Å². The molecule has 13 heavy (non-hydrogen) atoms. The smallest absolute Gasteiger partial charge is 0.123 e. The molecule has 0 amide bonds. The summed E-state index contributed by atoms with van der Waals surface area (Å²) in [6, 6.07) is 6.39. The van der Waals surface area contributed by atoms with Crippen LogP contribution in [0.25, 0.3) is 0 Å². The van der Waals surface area contributed by atoms with E-state index in [-0.39, 0.29) is 11.4 Å². The number of hydrogen-bond acceptors (Lipinski definition) is 1. The minimum Gasteiger partial charge on any atom is -0.366 e. The molecule has 0 aliphatic carbocycles. The van der Waals surface area contributed by atoms with Gasteiger partial charge in [0.15, 0.2) is 0 Å². The highest BCUT2D eigenvalue weighted by molar-refractivity contribution is 5.29. The monoisotopic (exact) mass is 178 g/mol. The minimum atomic E-state index is -0.353. The second kappa shape index (κ2) is 2.96. The quantitative estimate of drug-likeness (QED) is 0.632. The second-order valence-corrected chi connectivity index (χ2v) is 3.20. The van der Waals surface area contributed by atoms with E-state index >= 15 is 0 Å². The predicted octanol–water partition coefficient (Wildman–Crippen LogP) is 2.63. The van der Waals surface area contributed by atoms with Crippen LogP contribution in [0, 0.1) is 5.82 Å². The van der Waals surface area contributed by atoms with Crippen molar-refractivity contribution in [2.75, 3.05) is 6.61 Å². The van der Waals surface area contributed by atoms with Crippen LogP contribution < -0.4 is 0 Å². The Balaban J connectivity index is 2.33. The first-order valence-corrected chi connectivity index (χ1v) is 4.30. The van der Waals surface area contributed by atoms with Crippen LogP contribution in [0.1, 0.15) is 12.0 Å². The zero-order valence-electron chi connectivity index (χ0n) is 7.29. The summed E-state index contributed by atoms with van der Waals surface area (Å²) in [6.45, 7) is 4.49. The summed E-state index contributed by atoms with van der Waals surface area (Å²) in [7, 11) is 0. The maximum atomic E-state index is 12.6. The Hall–Kier alpha value is -1.15. The first-order valence-electron chi connectivity index (χ1n) is 4.30. The molecule has 1 aromatic rings. The van der Waals surface area contributed by atoms with E-state index in [0.717, 1.165) is 18.6 Å². The molecular formula is C11H11FO. The molecule has 0 radical (unpaired) electrons. The number of halogens is 1. The summed E-state index contributed by atoms with van der Waals surface area (Å²) < 4.78 is 18.1. The minimum absolute atomic E-state index is 0.220. The van der Waals surface area contributed by atoms with Gasteiger partial charge in [-0.1, -0.05) is 24.8 Å². The molecule has 0 N–H and O–H groups in total. The fourth-order valence-electron chi connectivity index (χ4n) is 1.56. The average molecular weight is 178 g/mol. The standard InChI is InChI=1S/C11H11FO/c1-2-11(7-8-13-11)9-3-5-10(12)6-4-9/h2-6H,1,7-8H2. The normalized spacial score (nSPS) is 26.5. The lowest BCUT2D eigenvalue weighted by Crippen LogP contribution is -2.38. The second-order valence-electron chi connectivity index (χ2n) is 3.20. The maximum Gasteiger partial charge on any atom is 0.123 e. The Morgan fingerprint density at radius 2 is 2.00 bits per heavy atom. The van der Waals surface area contributed by atoms with E-state index in [1.54, 1.807) is 18.2 Å². The molecule has 1 aliphatic rings. The van der Waals surface area contributed by atoms with Crippen LogP contribution in [-0.4, -0.2) is 6.61 Å². The zero-order valence-corrected chi connectivity index (χ0v) is 7.29. The Morgan fingerprint density at radius 1 is 1.38 bits per heavy atom. The van der Waals surface area contributed by atoms with Gasteiger partial charge in [0.05, 0.1) is 6.61 Å². The summed E-state index contributed by atoms with van der Waals surface area (Å²) in [5.41, 5.74) is 0.628. The third-order valence-corrected chi connectivity index (χ3v) is 2.50. The highest BCUT2D eigenvalue weighted by atomic mass is 19.1. The Labute approximate surface area is 76.8 Å². The molecule has 2 rings (SSSR count). The van der Waals surface area contributed by atoms with Crippen molar-refractivity contribution in [1.29, 1.82) is 0 Å². The van der Waals surface area contributed by atoms with E-state index in [1.165, 1.54) is 12.1 Å². The lowest BCUT2D eigenvalue weighted by Gasteiger charge is -2.39. The van der Waals surface area contributed by atoms with Crippen LogP contribution in [0.3, 0.4) is 0 Å². The fourth-order valence-corrected chi connectivity index (χ4v) is 1.56. The van der Waals surface area contributed by atoms with Crippen molar-refractivity contribution < 1.29 is 9.13 Å². The van der Waals surface area contributed by atoms with E-state index in [9.17, 15) is 4.39 Å². The van der Waals surface area contributed by atoms with Gasteiger partial charge in [-0.25, -0.2) is 4.39 Å². The number of benzene rings is 1. The first kappa shape index (κ1) is 8.45. The molecule has 1 saturated heterocycles. The van der Waals surface area contributed by atoms with Gasteiger partial charge >= 0.3 is 0 Å². The molecule has 0 bridgehead atoms. The van der Waals surface area contributed by atoms with Crippen molar-refractivity contribution in [3.8, 4) is 0 Å². The molecule has 0 spiro atoms. The van der Waals surface area contributed by atoms with Gasteiger partial charge in [0.2, 0.25) is 0 Å². The highest BCUT2D eigenvalue weighted by Crippen LogP contribution is 2.38. The molecule has 1 nitrogen and oxygen atoms in total. The topological polar surface area (TPSA) is 9.23 Å². The molecule has 1 atom stereocenters. The first-order chi connectivity index (χ1) is 6.27. The molecule has 1 aliphatic heterocycles. The number of rotatable bonds is 2. The lowest BCUT2D eigenvalue weighted by atomic mass is 9.87. The Morgan fingerprint density at radius 3 is 2.38 bits per heavy atom. The van der Waals surface area contributed by atoms with E-state index in [1.807, 2.05) is 0 Å². The van der Waals surface area contributed by atoms with Crippen LogP contribution in [-0.2, 0) is 10.3 Å². The highest BCUT2D eigenvalue weighted by Gasteiger charge is 2.36. The van der Waals surface area contributed by atoms with Crippen LogP contribution in [0.2, 0.25) is 0 Å². The van der Waals surface area contributed by atoms with E-state index in [0.29, 0.717) is 0 Å². The molecule has 1 fully saturated rings. The molecule has 2 heteroatoms. The van der Waals surface area contributed by atoms with Crippen molar-refractivity contribution in [2.24, 2.45) is 0 Å². The maximum absolute atomic E-state index is 12.6. The predicted molar refractivity (Wildman–Crippen MR) is 48.8 cm³/mol. The SMILES string of the molecule is C=CC1(c2ccc(F)cc2)CCO1.